The topological polar surface area (TPSA) is 49.8 Å². The Bertz CT molecular complexity index is 501. The first kappa shape index (κ1) is 11.9. The van der Waals surface area contributed by atoms with Crippen molar-refractivity contribution in [3.8, 4) is 0 Å². The van der Waals surface area contributed by atoms with Gasteiger partial charge in [0.2, 0.25) is 5.95 Å². The molecule has 1 aromatic heterocycles. The number of aromatic nitrogens is 2. The lowest BCUT2D eigenvalue weighted by Gasteiger charge is -2.08. The molecule has 1 heterocycles. The lowest BCUT2D eigenvalue weighted by molar-refractivity contribution is 1.16. The van der Waals surface area contributed by atoms with Crippen molar-refractivity contribution in [2.24, 2.45) is 0 Å². The number of thiocarbonyl (C=S) groups is 1. The van der Waals surface area contributed by atoms with Crippen molar-refractivity contribution in [1.29, 1.82) is 0 Å². The Morgan fingerprint density at radius 3 is 2.35 bits per heavy atom. The molecule has 86 valence electrons. The van der Waals surface area contributed by atoms with Gasteiger partial charge < -0.3 is 10.6 Å². The fourth-order valence-corrected chi connectivity index (χ4v) is 1.58. The number of rotatable bonds is 2. The second kappa shape index (κ2) is 5.70. The van der Waals surface area contributed by atoms with Gasteiger partial charge in [0.05, 0.1) is 4.47 Å². The van der Waals surface area contributed by atoms with Gasteiger partial charge in [-0.2, -0.15) is 0 Å². The Labute approximate surface area is 113 Å². The molecule has 6 heteroatoms. The second-order valence-corrected chi connectivity index (χ2v) is 4.49. The molecule has 0 atom stereocenters. The maximum Gasteiger partial charge on any atom is 0.228 e. The molecule has 1 aromatic carbocycles. The highest BCUT2D eigenvalue weighted by Gasteiger charge is 2.00. The molecular formula is C11H9BrN4S. The molecule has 2 aromatic rings. The van der Waals surface area contributed by atoms with Gasteiger partial charge in [-0.3, -0.25) is 0 Å². The molecule has 0 amide bonds. The van der Waals surface area contributed by atoms with Gasteiger partial charge in [-0.15, -0.1) is 0 Å². The van der Waals surface area contributed by atoms with Crippen molar-refractivity contribution in [2.75, 3.05) is 10.6 Å². The standard InChI is InChI=1S/C11H9BrN4S/c12-8-6-13-10(14-7-8)16-11(17)15-9-4-2-1-3-5-9/h1-7H,(H2,13,14,15,16,17). The number of anilines is 2. The highest BCUT2D eigenvalue weighted by molar-refractivity contribution is 9.10. The average Bonchev–Trinajstić information content (AvgIpc) is 2.33. The van der Waals surface area contributed by atoms with Gasteiger partial charge in [0.25, 0.3) is 0 Å². The number of nitrogens with zero attached hydrogens (tertiary/aromatic N) is 2. The lowest BCUT2D eigenvalue weighted by atomic mass is 10.3. The van der Waals surface area contributed by atoms with Crippen molar-refractivity contribution >= 4 is 44.9 Å². The fourth-order valence-electron chi connectivity index (χ4n) is 1.16. The van der Waals surface area contributed by atoms with Gasteiger partial charge in [-0.05, 0) is 40.3 Å². The SMILES string of the molecule is S=C(Nc1ccccc1)Nc1ncc(Br)cn1. The van der Waals surface area contributed by atoms with E-state index in [1.165, 1.54) is 0 Å². The van der Waals surface area contributed by atoms with Crippen LogP contribution >= 0.6 is 28.1 Å². The fraction of sp³-hybridized carbons (Fsp3) is 0. The molecule has 4 nitrogen and oxygen atoms in total. The predicted molar refractivity (Wildman–Crippen MR) is 76.0 cm³/mol. The summed E-state index contributed by atoms with van der Waals surface area (Å²) in [6, 6.07) is 9.66. The minimum Gasteiger partial charge on any atom is -0.332 e. The summed E-state index contributed by atoms with van der Waals surface area (Å²) in [7, 11) is 0. The van der Waals surface area contributed by atoms with Crippen LogP contribution in [0.1, 0.15) is 0 Å². The number of halogens is 1. The van der Waals surface area contributed by atoms with Crippen molar-refractivity contribution in [3.05, 3.63) is 47.2 Å². The van der Waals surface area contributed by atoms with Gasteiger partial charge in [0.1, 0.15) is 0 Å². The normalized spacial score (nSPS) is 9.71. The molecule has 0 saturated carbocycles. The first-order valence-electron chi connectivity index (χ1n) is 4.84. The molecule has 0 aliphatic carbocycles. The minimum atomic E-state index is 0.457. The van der Waals surface area contributed by atoms with Crippen LogP contribution in [0.2, 0.25) is 0 Å². The third-order valence-corrected chi connectivity index (χ3v) is 2.49. The predicted octanol–water partition coefficient (Wildman–Crippen LogP) is 3.05. The molecular weight excluding hydrogens is 300 g/mol. The van der Waals surface area contributed by atoms with Crippen LogP contribution in [-0.4, -0.2) is 15.1 Å². The summed E-state index contributed by atoms with van der Waals surface area (Å²) in [5, 5.41) is 6.39. The van der Waals surface area contributed by atoms with Crippen LogP contribution in [-0.2, 0) is 0 Å². The van der Waals surface area contributed by atoms with E-state index in [9.17, 15) is 0 Å². The summed E-state index contributed by atoms with van der Waals surface area (Å²) >= 11 is 8.40. The third-order valence-electron chi connectivity index (χ3n) is 1.88. The summed E-state index contributed by atoms with van der Waals surface area (Å²) < 4.78 is 0.824. The molecule has 0 radical (unpaired) electrons. The molecule has 2 N–H and O–H groups in total. The van der Waals surface area contributed by atoms with Crippen LogP contribution < -0.4 is 10.6 Å². The molecule has 0 saturated heterocycles. The summed E-state index contributed by atoms with van der Waals surface area (Å²) in [4.78, 5) is 8.13. The van der Waals surface area contributed by atoms with E-state index >= 15 is 0 Å². The van der Waals surface area contributed by atoms with Crippen LogP contribution in [0, 0.1) is 0 Å². The Hall–Kier alpha value is -1.53. The van der Waals surface area contributed by atoms with E-state index in [1.807, 2.05) is 30.3 Å². The Morgan fingerprint density at radius 1 is 1.06 bits per heavy atom. The van der Waals surface area contributed by atoms with E-state index < -0.39 is 0 Å². The molecule has 0 aliphatic heterocycles. The van der Waals surface area contributed by atoms with Crippen molar-refractivity contribution < 1.29 is 0 Å². The zero-order chi connectivity index (χ0) is 12.1. The third kappa shape index (κ3) is 3.76. The van der Waals surface area contributed by atoms with Gasteiger partial charge in [-0.1, -0.05) is 18.2 Å². The monoisotopic (exact) mass is 308 g/mol. The highest BCUT2D eigenvalue weighted by atomic mass is 79.9. The Balaban J connectivity index is 1.96. The summed E-state index contributed by atoms with van der Waals surface area (Å²) in [5.74, 6) is 0.460. The second-order valence-electron chi connectivity index (χ2n) is 3.17. The van der Waals surface area contributed by atoms with Crippen LogP contribution in [0.4, 0.5) is 11.6 Å². The molecule has 0 fully saturated rings. The molecule has 0 unspecified atom stereocenters. The average molecular weight is 309 g/mol. The molecule has 0 spiro atoms. The quantitative estimate of drug-likeness (QED) is 0.835. The first-order valence-corrected chi connectivity index (χ1v) is 6.05. The van der Waals surface area contributed by atoms with Gasteiger partial charge in [0, 0.05) is 18.1 Å². The van der Waals surface area contributed by atoms with E-state index in [0.717, 1.165) is 10.2 Å². The smallest absolute Gasteiger partial charge is 0.228 e. The summed E-state index contributed by atoms with van der Waals surface area (Å²) in [6.45, 7) is 0. The van der Waals surface area contributed by atoms with E-state index in [-0.39, 0.29) is 0 Å². The van der Waals surface area contributed by atoms with Crippen LogP contribution in [0.15, 0.2) is 47.2 Å². The Kier molecular flexibility index (Phi) is 4.00. The van der Waals surface area contributed by atoms with Gasteiger partial charge >= 0.3 is 0 Å². The van der Waals surface area contributed by atoms with Crippen LogP contribution in [0.5, 0.6) is 0 Å². The van der Waals surface area contributed by atoms with E-state index in [4.69, 9.17) is 12.2 Å². The molecule has 0 bridgehead atoms. The number of para-hydroxylation sites is 1. The maximum absolute atomic E-state index is 5.14. The van der Waals surface area contributed by atoms with E-state index in [2.05, 4.69) is 36.5 Å². The van der Waals surface area contributed by atoms with Crippen molar-refractivity contribution in [1.82, 2.24) is 9.97 Å². The summed E-state index contributed by atoms with van der Waals surface area (Å²) in [5.41, 5.74) is 0.919. The van der Waals surface area contributed by atoms with Crippen molar-refractivity contribution in [3.63, 3.8) is 0 Å². The number of benzene rings is 1. The Morgan fingerprint density at radius 2 is 1.71 bits per heavy atom. The number of nitrogens with one attached hydrogen (secondary N) is 2. The van der Waals surface area contributed by atoms with E-state index in [1.54, 1.807) is 12.4 Å². The summed E-state index contributed by atoms with van der Waals surface area (Å²) in [6.07, 6.45) is 3.31. The van der Waals surface area contributed by atoms with Crippen LogP contribution in [0.25, 0.3) is 0 Å². The largest absolute Gasteiger partial charge is 0.332 e. The zero-order valence-corrected chi connectivity index (χ0v) is 11.1. The maximum atomic E-state index is 5.14. The van der Waals surface area contributed by atoms with Gasteiger partial charge in [0.15, 0.2) is 5.11 Å². The number of hydrogen-bond acceptors (Lipinski definition) is 3. The van der Waals surface area contributed by atoms with Gasteiger partial charge in [-0.25, -0.2) is 9.97 Å². The number of hydrogen-bond donors (Lipinski definition) is 2. The lowest BCUT2D eigenvalue weighted by Crippen LogP contribution is -2.20. The highest BCUT2D eigenvalue weighted by Crippen LogP contribution is 2.08. The van der Waals surface area contributed by atoms with Crippen LogP contribution in [0.3, 0.4) is 0 Å². The molecule has 2 rings (SSSR count). The zero-order valence-electron chi connectivity index (χ0n) is 8.72. The molecule has 0 aliphatic rings. The minimum absolute atomic E-state index is 0.457. The molecule has 17 heavy (non-hydrogen) atoms. The van der Waals surface area contributed by atoms with E-state index in [0.29, 0.717) is 11.1 Å². The first-order chi connectivity index (χ1) is 8.24. The van der Waals surface area contributed by atoms with Crippen molar-refractivity contribution in [2.45, 2.75) is 0 Å².